The van der Waals surface area contributed by atoms with Crippen molar-refractivity contribution in [1.29, 1.82) is 0 Å². The van der Waals surface area contributed by atoms with Crippen LogP contribution in [0.3, 0.4) is 0 Å². The molecule has 0 bridgehead atoms. The lowest BCUT2D eigenvalue weighted by Crippen LogP contribution is -2.11. The first-order valence-corrected chi connectivity index (χ1v) is 8.07. The first-order valence-electron chi connectivity index (χ1n) is 7.40. The van der Waals surface area contributed by atoms with Crippen LogP contribution in [0, 0.1) is 0 Å². The van der Waals surface area contributed by atoms with Crippen molar-refractivity contribution in [2.45, 2.75) is 12.8 Å². The maximum atomic E-state index is 11.8. The van der Waals surface area contributed by atoms with Gasteiger partial charge in [-0.3, -0.25) is 0 Å². The van der Waals surface area contributed by atoms with Crippen LogP contribution >= 0.6 is 12.3 Å². The van der Waals surface area contributed by atoms with E-state index in [1.165, 1.54) is 22.3 Å². The molecular weight excluding hydrogens is 353 g/mol. The van der Waals surface area contributed by atoms with Gasteiger partial charge in [-0.25, -0.2) is 0 Å². The minimum atomic E-state index is -4.87. The molecule has 3 nitrogen and oxygen atoms in total. The lowest BCUT2D eigenvalue weighted by molar-refractivity contribution is -0.441. The van der Waals surface area contributed by atoms with Gasteiger partial charge in [0.05, 0.1) is 0 Å². The molecule has 0 saturated heterocycles. The Hall–Kier alpha value is -2.22. The predicted molar refractivity (Wildman–Crippen MR) is 88.6 cm³/mol. The van der Waals surface area contributed by atoms with Crippen LogP contribution in [0.1, 0.15) is 11.1 Å². The highest BCUT2D eigenvalue weighted by atomic mass is 32.2. The van der Waals surface area contributed by atoms with Gasteiger partial charge in [0.2, 0.25) is 0 Å². The van der Waals surface area contributed by atoms with Gasteiger partial charge in [-0.2, -0.15) is 0 Å². The molecule has 0 amide bonds. The van der Waals surface area contributed by atoms with Crippen LogP contribution in [0.25, 0.3) is 21.9 Å². The molecule has 3 aromatic rings. The Morgan fingerprint density at radius 1 is 0.840 bits per heavy atom. The van der Waals surface area contributed by atoms with Gasteiger partial charge in [0, 0.05) is 0 Å². The summed E-state index contributed by atoms with van der Waals surface area (Å²) in [6, 6.07) is 17.7. The molecule has 0 saturated carbocycles. The van der Waals surface area contributed by atoms with Gasteiger partial charge >= 0.3 is 6.36 Å². The first-order chi connectivity index (χ1) is 12.0. The topological polar surface area (TPSA) is 27.7 Å². The molecule has 3 aromatic carbocycles. The fraction of sp³-hybridized carbons (Fsp3) is 0.111. The summed E-state index contributed by atoms with van der Waals surface area (Å²) in [6.45, 7) is 0. The van der Waals surface area contributed by atoms with E-state index in [2.05, 4.69) is 33.5 Å². The molecule has 0 unspecified atom stereocenters. The number of alkyl halides is 3. The second-order valence-electron chi connectivity index (χ2n) is 5.60. The van der Waals surface area contributed by atoms with E-state index in [1.54, 1.807) is 12.1 Å². The number of benzene rings is 3. The first kappa shape index (κ1) is 16.3. The minimum Gasteiger partial charge on any atom is -0.399 e. The molecule has 0 N–H and O–H groups in total. The monoisotopic (exact) mass is 364 g/mol. The maximum Gasteiger partial charge on any atom is 0.550 e. The van der Waals surface area contributed by atoms with Crippen LogP contribution in [0.5, 0.6) is 5.75 Å². The van der Waals surface area contributed by atoms with Crippen LogP contribution in [0.15, 0.2) is 54.6 Å². The van der Waals surface area contributed by atoms with Crippen molar-refractivity contribution < 1.29 is 26.6 Å². The number of hydrogen-bond donors (Lipinski definition) is 0. The van der Waals surface area contributed by atoms with Gasteiger partial charge in [0.25, 0.3) is 12.3 Å². The molecule has 0 heterocycles. The summed E-state index contributed by atoms with van der Waals surface area (Å²) < 4.78 is 44.4. The van der Waals surface area contributed by atoms with E-state index in [4.69, 9.17) is 4.18 Å². The van der Waals surface area contributed by atoms with Crippen LogP contribution in [-0.4, -0.2) is 6.36 Å². The van der Waals surface area contributed by atoms with E-state index in [-0.39, 0.29) is 12.3 Å². The van der Waals surface area contributed by atoms with Crippen LogP contribution in [-0.2, 0) is 15.6 Å². The lowest BCUT2D eigenvalue weighted by atomic mass is 10.0. The summed E-state index contributed by atoms with van der Waals surface area (Å²) in [5.41, 5.74) is 4.97. The molecule has 1 aliphatic rings. The molecule has 0 aliphatic heterocycles. The molecule has 25 heavy (non-hydrogen) atoms. The summed E-state index contributed by atoms with van der Waals surface area (Å²) in [5.74, 6) is 0.374. The van der Waals surface area contributed by atoms with E-state index in [0.29, 0.717) is 5.75 Å². The standard InChI is InChI=1S/C18H11F3O3S/c19-18(20,21)23-24-25-22-15-6-5-11-10-17-14(8-13(11)9-15)7-12-3-1-2-4-16(12)17/h1-6,8-10H,7H2. The SMILES string of the molecule is FC(F)(F)OOSOc1ccc2cc3c(cc2c1)Cc1ccccc1-3. The highest BCUT2D eigenvalue weighted by Gasteiger charge is 2.31. The molecule has 0 radical (unpaired) electrons. The van der Waals surface area contributed by atoms with E-state index >= 15 is 0 Å². The highest BCUT2D eigenvalue weighted by molar-refractivity contribution is 7.90. The normalized spacial score (nSPS) is 12.9. The van der Waals surface area contributed by atoms with Gasteiger partial charge in [-0.05, 0) is 57.6 Å². The third-order valence-electron chi connectivity index (χ3n) is 4.01. The third kappa shape index (κ3) is 3.44. The van der Waals surface area contributed by atoms with Gasteiger partial charge in [0.1, 0.15) is 5.75 Å². The maximum absolute atomic E-state index is 11.8. The molecule has 0 spiro atoms. The van der Waals surface area contributed by atoms with Gasteiger partial charge < -0.3 is 4.18 Å². The summed E-state index contributed by atoms with van der Waals surface area (Å²) in [4.78, 5) is 3.17. The van der Waals surface area contributed by atoms with E-state index in [9.17, 15) is 13.2 Å². The Morgan fingerprint density at radius 3 is 2.52 bits per heavy atom. The molecule has 128 valence electrons. The van der Waals surface area contributed by atoms with E-state index in [1.807, 2.05) is 18.2 Å². The molecule has 4 rings (SSSR count). The average Bonchev–Trinajstić information content (AvgIpc) is 2.93. The number of rotatable bonds is 4. The molecule has 0 atom stereocenters. The van der Waals surface area contributed by atoms with E-state index < -0.39 is 6.36 Å². The molecule has 7 heteroatoms. The van der Waals surface area contributed by atoms with Crippen molar-refractivity contribution in [3.05, 3.63) is 65.7 Å². The van der Waals surface area contributed by atoms with Crippen LogP contribution in [0.2, 0.25) is 0 Å². The molecule has 0 fully saturated rings. The zero-order valence-corrected chi connectivity index (χ0v) is 13.5. The van der Waals surface area contributed by atoms with Crippen molar-refractivity contribution in [3.63, 3.8) is 0 Å². The summed E-state index contributed by atoms with van der Waals surface area (Å²) in [5, 5.41) is 1.97. The predicted octanol–water partition coefficient (Wildman–Crippen LogP) is 5.82. The quantitative estimate of drug-likeness (QED) is 0.197. The number of fused-ring (bicyclic) bond motifs is 4. The fourth-order valence-electron chi connectivity index (χ4n) is 3.02. The minimum absolute atomic E-state index is 0.115. The van der Waals surface area contributed by atoms with Gasteiger partial charge in [-0.15, -0.1) is 22.4 Å². The Labute approximate surface area is 145 Å². The Morgan fingerprint density at radius 2 is 1.68 bits per heavy atom. The van der Waals surface area contributed by atoms with Crippen molar-refractivity contribution in [2.24, 2.45) is 0 Å². The number of hydrogen-bond acceptors (Lipinski definition) is 4. The van der Waals surface area contributed by atoms with Gasteiger partial charge in [-0.1, -0.05) is 36.4 Å². The third-order valence-corrected chi connectivity index (χ3v) is 4.39. The summed E-state index contributed by atoms with van der Waals surface area (Å²) in [7, 11) is 0. The smallest absolute Gasteiger partial charge is 0.399 e. The van der Waals surface area contributed by atoms with Crippen LogP contribution in [0.4, 0.5) is 13.2 Å². The summed E-state index contributed by atoms with van der Waals surface area (Å²) >= 11 is 0.115. The van der Waals surface area contributed by atoms with Crippen molar-refractivity contribution in [1.82, 2.24) is 0 Å². The van der Waals surface area contributed by atoms with Crippen molar-refractivity contribution in [3.8, 4) is 16.9 Å². The fourth-order valence-corrected chi connectivity index (χ4v) is 3.33. The lowest BCUT2D eigenvalue weighted by Gasteiger charge is -2.08. The van der Waals surface area contributed by atoms with E-state index in [0.717, 1.165) is 17.2 Å². The Kier molecular flexibility index (Phi) is 4.07. The second kappa shape index (κ2) is 6.25. The molecule has 1 aliphatic carbocycles. The number of halogens is 3. The molecule has 0 aromatic heterocycles. The average molecular weight is 364 g/mol. The second-order valence-corrected chi connectivity index (χ2v) is 6.04. The zero-order valence-electron chi connectivity index (χ0n) is 12.7. The zero-order chi connectivity index (χ0) is 17.4. The van der Waals surface area contributed by atoms with Crippen molar-refractivity contribution in [2.75, 3.05) is 0 Å². The largest absolute Gasteiger partial charge is 0.550 e. The van der Waals surface area contributed by atoms with Crippen molar-refractivity contribution >= 4 is 23.1 Å². The molecular formula is C18H11F3O3S. The summed E-state index contributed by atoms with van der Waals surface area (Å²) in [6.07, 6.45) is -4.00. The highest BCUT2D eigenvalue weighted by Crippen LogP contribution is 2.39. The Balaban J connectivity index is 1.55. The Bertz CT molecular complexity index is 940. The van der Waals surface area contributed by atoms with Gasteiger partial charge in [0.15, 0.2) is 0 Å². The van der Waals surface area contributed by atoms with Crippen LogP contribution < -0.4 is 4.18 Å².